The van der Waals surface area contributed by atoms with E-state index in [1.54, 1.807) is 29.4 Å². The van der Waals surface area contributed by atoms with Crippen LogP contribution in [-0.4, -0.2) is 34.3 Å². The normalized spacial score (nSPS) is 16.2. The first kappa shape index (κ1) is 10.3. The minimum Gasteiger partial charge on any atom is -0.355 e. The van der Waals surface area contributed by atoms with Crippen LogP contribution in [0.1, 0.15) is 12.8 Å². The number of hydrogen-bond donors (Lipinski definition) is 0. The molecule has 1 fully saturated rings. The molecule has 1 aliphatic rings. The zero-order chi connectivity index (χ0) is 11.0. The zero-order valence-corrected chi connectivity index (χ0v) is 10.6. The van der Waals surface area contributed by atoms with Crippen molar-refractivity contribution in [2.45, 2.75) is 17.2 Å². The number of thiazole rings is 1. The first-order valence-electron chi connectivity index (χ1n) is 5.29. The van der Waals surface area contributed by atoms with Crippen molar-refractivity contribution in [2.24, 2.45) is 0 Å². The van der Waals surface area contributed by atoms with Crippen molar-refractivity contribution in [3.8, 4) is 0 Å². The summed E-state index contributed by atoms with van der Waals surface area (Å²) in [5.41, 5.74) is 0.839. The molecule has 3 heterocycles. The van der Waals surface area contributed by atoms with Crippen LogP contribution in [0, 0.1) is 0 Å². The monoisotopic (exact) mass is 252 g/mol. The minimum absolute atomic E-state index is 0.839. The summed E-state index contributed by atoms with van der Waals surface area (Å²) in [6.07, 6.45) is 6.19. The fourth-order valence-electron chi connectivity index (χ4n) is 1.96. The molecule has 0 spiro atoms. The lowest BCUT2D eigenvalue weighted by Crippen LogP contribution is -2.19. The van der Waals surface area contributed by atoms with Gasteiger partial charge in [-0.05, 0) is 19.1 Å². The summed E-state index contributed by atoms with van der Waals surface area (Å²) < 4.78 is 2.20. The molecular weight excluding hydrogens is 240 g/mol. The molecule has 6 heteroatoms. The second-order valence-electron chi connectivity index (χ2n) is 3.73. The second kappa shape index (κ2) is 4.18. The molecule has 0 aromatic carbocycles. The van der Waals surface area contributed by atoms with Crippen LogP contribution >= 0.6 is 23.1 Å². The summed E-state index contributed by atoms with van der Waals surface area (Å²) in [5.74, 6) is 1.07. The van der Waals surface area contributed by atoms with E-state index in [9.17, 15) is 0 Å². The molecule has 0 saturated carbocycles. The van der Waals surface area contributed by atoms with Crippen LogP contribution in [0.3, 0.4) is 0 Å². The van der Waals surface area contributed by atoms with Crippen LogP contribution in [0.5, 0.6) is 0 Å². The van der Waals surface area contributed by atoms with Gasteiger partial charge in [0, 0.05) is 13.1 Å². The predicted octanol–water partition coefficient (Wildman–Crippen LogP) is 2.41. The van der Waals surface area contributed by atoms with Crippen LogP contribution < -0.4 is 4.90 Å². The van der Waals surface area contributed by atoms with Crippen molar-refractivity contribution in [1.82, 2.24) is 15.0 Å². The summed E-state index contributed by atoms with van der Waals surface area (Å²) >= 11 is 3.36. The number of fused-ring (bicyclic) bond motifs is 1. The molecule has 1 saturated heterocycles. The maximum atomic E-state index is 4.47. The van der Waals surface area contributed by atoms with Gasteiger partial charge in [-0.1, -0.05) is 11.8 Å². The Balaban J connectivity index is 2.12. The molecular formula is C10H12N4S2. The fraction of sp³-hybridized carbons (Fsp3) is 0.500. The maximum Gasteiger partial charge on any atom is 0.176 e. The number of nitrogens with zero attached hydrogens (tertiary/aromatic N) is 4. The third-order valence-electron chi connectivity index (χ3n) is 2.73. The van der Waals surface area contributed by atoms with Crippen LogP contribution in [-0.2, 0) is 0 Å². The molecule has 0 aliphatic carbocycles. The molecule has 2 aromatic rings. The number of aromatic nitrogens is 3. The van der Waals surface area contributed by atoms with Gasteiger partial charge in [-0.25, -0.2) is 15.0 Å². The Morgan fingerprint density at radius 1 is 1.31 bits per heavy atom. The Morgan fingerprint density at radius 2 is 2.12 bits per heavy atom. The molecule has 0 atom stereocenters. The molecule has 16 heavy (non-hydrogen) atoms. The minimum atomic E-state index is 0.839. The Kier molecular flexibility index (Phi) is 2.69. The third-order valence-corrected chi connectivity index (χ3v) is 4.76. The SMILES string of the molecule is CSc1nc2ncnc(N3CCCC3)c2s1. The van der Waals surface area contributed by atoms with Gasteiger partial charge in [-0.2, -0.15) is 0 Å². The van der Waals surface area contributed by atoms with Crippen LogP contribution in [0.25, 0.3) is 10.3 Å². The van der Waals surface area contributed by atoms with E-state index in [4.69, 9.17) is 0 Å². The summed E-state index contributed by atoms with van der Waals surface area (Å²) in [6.45, 7) is 2.22. The van der Waals surface area contributed by atoms with Gasteiger partial charge in [0.2, 0.25) is 0 Å². The molecule has 0 amide bonds. The molecule has 1 aliphatic heterocycles. The van der Waals surface area contributed by atoms with E-state index in [-0.39, 0.29) is 0 Å². The lowest BCUT2D eigenvalue weighted by atomic mass is 10.4. The molecule has 84 valence electrons. The molecule has 0 bridgehead atoms. The number of anilines is 1. The molecule has 3 rings (SSSR count). The molecule has 0 unspecified atom stereocenters. The summed E-state index contributed by atoms with van der Waals surface area (Å²) in [4.78, 5) is 15.4. The maximum absolute atomic E-state index is 4.47. The smallest absolute Gasteiger partial charge is 0.176 e. The highest BCUT2D eigenvalue weighted by atomic mass is 32.2. The van der Waals surface area contributed by atoms with E-state index in [0.29, 0.717) is 0 Å². The van der Waals surface area contributed by atoms with E-state index >= 15 is 0 Å². The summed E-state index contributed by atoms with van der Waals surface area (Å²) in [6, 6.07) is 0. The average molecular weight is 252 g/mol. The Morgan fingerprint density at radius 3 is 2.88 bits per heavy atom. The quantitative estimate of drug-likeness (QED) is 0.768. The van der Waals surface area contributed by atoms with Gasteiger partial charge in [-0.3, -0.25) is 0 Å². The summed E-state index contributed by atoms with van der Waals surface area (Å²) in [7, 11) is 0. The first-order valence-corrected chi connectivity index (χ1v) is 7.33. The standard InChI is InChI=1S/C10H12N4S2/c1-15-10-13-8-7(16-10)9(12-6-11-8)14-4-2-3-5-14/h6H,2-5H2,1H3. The third kappa shape index (κ3) is 1.66. The second-order valence-corrected chi connectivity index (χ2v) is 5.78. The van der Waals surface area contributed by atoms with Gasteiger partial charge < -0.3 is 4.90 Å². The largest absolute Gasteiger partial charge is 0.355 e. The number of rotatable bonds is 2. The van der Waals surface area contributed by atoms with Gasteiger partial charge in [0.05, 0.1) is 0 Å². The Bertz CT molecular complexity index is 504. The Hall–Kier alpha value is -0.880. The van der Waals surface area contributed by atoms with Gasteiger partial charge >= 0.3 is 0 Å². The van der Waals surface area contributed by atoms with E-state index in [0.717, 1.165) is 33.6 Å². The average Bonchev–Trinajstić information content (AvgIpc) is 2.97. The number of hydrogen-bond acceptors (Lipinski definition) is 6. The Labute approximate surface area is 102 Å². The van der Waals surface area contributed by atoms with Crippen LogP contribution in [0.15, 0.2) is 10.7 Å². The highest BCUT2D eigenvalue weighted by Crippen LogP contribution is 2.33. The summed E-state index contributed by atoms with van der Waals surface area (Å²) in [5, 5.41) is 0. The van der Waals surface area contributed by atoms with Crippen molar-refractivity contribution >= 4 is 39.3 Å². The highest BCUT2D eigenvalue weighted by molar-refractivity contribution is 8.00. The molecule has 0 N–H and O–H groups in total. The van der Waals surface area contributed by atoms with E-state index in [1.807, 2.05) is 6.26 Å². The van der Waals surface area contributed by atoms with Gasteiger partial charge in [-0.15, -0.1) is 11.3 Å². The van der Waals surface area contributed by atoms with Gasteiger partial charge in [0.1, 0.15) is 11.0 Å². The molecule has 2 aromatic heterocycles. The van der Waals surface area contributed by atoms with E-state index in [2.05, 4.69) is 19.9 Å². The van der Waals surface area contributed by atoms with Crippen LogP contribution in [0.2, 0.25) is 0 Å². The first-order chi connectivity index (χ1) is 7.88. The molecule has 4 nitrogen and oxygen atoms in total. The topological polar surface area (TPSA) is 41.9 Å². The van der Waals surface area contributed by atoms with E-state index in [1.165, 1.54) is 12.8 Å². The van der Waals surface area contributed by atoms with Crippen LogP contribution in [0.4, 0.5) is 5.82 Å². The van der Waals surface area contributed by atoms with Crippen molar-refractivity contribution < 1.29 is 0 Å². The molecule has 0 radical (unpaired) electrons. The van der Waals surface area contributed by atoms with Crippen molar-refractivity contribution in [2.75, 3.05) is 24.2 Å². The van der Waals surface area contributed by atoms with Crippen molar-refractivity contribution in [3.63, 3.8) is 0 Å². The van der Waals surface area contributed by atoms with Crippen molar-refractivity contribution in [1.29, 1.82) is 0 Å². The fourth-order valence-corrected chi connectivity index (χ4v) is 3.50. The lowest BCUT2D eigenvalue weighted by molar-refractivity contribution is 0.940. The highest BCUT2D eigenvalue weighted by Gasteiger charge is 2.18. The predicted molar refractivity (Wildman–Crippen MR) is 68.4 cm³/mol. The van der Waals surface area contributed by atoms with Gasteiger partial charge in [0.25, 0.3) is 0 Å². The van der Waals surface area contributed by atoms with E-state index < -0.39 is 0 Å². The lowest BCUT2D eigenvalue weighted by Gasteiger charge is -2.15. The zero-order valence-electron chi connectivity index (χ0n) is 9.01. The van der Waals surface area contributed by atoms with Crippen molar-refractivity contribution in [3.05, 3.63) is 6.33 Å². The van der Waals surface area contributed by atoms with Gasteiger partial charge in [0.15, 0.2) is 15.8 Å². The number of thioether (sulfide) groups is 1.